The fraction of sp³-hybridized carbons (Fsp3) is 0.767. The molecule has 1 aromatic carbocycles. The fourth-order valence-corrected chi connectivity index (χ4v) is 7.77. The molecule has 5 rings (SSSR count). The van der Waals surface area contributed by atoms with Gasteiger partial charge < -0.3 is 19.7 Å². The molecule has 0 amide bonds. The summed E-state index contributed by atoms with van der Waals surface area (Å²) in [5.41, 5.74) is 2.49. The molecule has 3 unspecified atom stereocenters. The van der Waals surface area contributed by atoms with Crippen LogP contribution < -0.4 is 4.74 Å². The average Bonchev–Trinajstić information content (AvgIpc) is 3.54. The Morgan fingerprint density at radius 2 is 1.97 bits per heavy atom. The van der Waals surface area contributed by atoms with Gasteiger partial charge >= 0.3 is 5.97 Å². The molecule has 4 aliphatic carbocycles. The molecule has 0 saturated heterocycles. The van der Waals surface area contributed by atoms with Crippen molar-refractivity contribution < 1.29 is 24.5 Å². The number of carbonyl (C=O) groups is 1. The van der Waals surface area contributed by atoms with Crippen molar-refractivity contribution in [2.45, 2.75) is 109 Å². The van der Waals surface area contributed by atoms with E-state index in [1.54, 1.807) is 0 Å². The van der Waals surface area contributed by atoms with Crippen LogP contribution in [0.25, 0.3) is 0 Å². The van der Waals surface area contributed by atoms with Crippen LogP contribution in [0.2, 0.25) is 0 Å². The molecule has 5 heteroatoms. The third-order valence-corrected chi connectivity index (χ3v) is 9.62. The molecule has 35 heavy (non-hydrogen) atoms. The topological polar surface area (TPSA) is 76.0 Å². The van der Waals surface area contributed by atoms with Gasteiger partial charge in [-0.1, -0.05) is 38.3 Å². The van der Waals surface area contributed by atoms with Crippen LogP contribution in [0.1, 0.15) is 88.7 Å². The molecule has 0 radical (unpaired) electrons. The summed E-state index contributed by atoms with van der Waals surface area (Å²) in [6, 6.07) is 6.17. The van der Waals surface area contributed by atoms with Crippen LogP contribution in [0, 0.1) is 29.6 Å². The molecule has 2 N–H and O–H groups in total. The number of hydrogen-bond acceptors (Lipinski definition) is 5. The maximum absolute atomic E-state index is 12.5. The maximum atomic E-state index is 12.5. The van der Waals surface area contributed by atoms with E-state index in [4.69, 9.17) is 9.47 Å². The lowest BCUT2D eigenvalue weighted by molar-refractivity contribution is -0.153. The first-order valence-corrected chi connectivity index (χ1v) is 14.3. The fourth-order valence-electron chi connectivity index (χ4n) is 7.77. The predicted molar refractivity (Wildman–Crippen MR) is 135 cm³/mol. The minimum Gasteiger partial charge on any atom is -0.482 e. The second kappa shape index (κ2) is 11.2. The number of unbranched alkanes of at least 4 members (excludes halogenated alkanes) is 2. The van der Waals surface area contributed by atoms with Gasteiger partial charge in [-0.2, -0.15) is 0 Å². The number of hydrogen-bond donors (Lipinski definition) is 2. The highest BCUT2D eigenvalue weighted by Gasteiger charge is 2.45. The van der Waals surface area contributed by atoms with Gasteiger partial charge in [0.15, 0.2) is 6.61 Å². The zero-order chi connectivity index (χ0) is 24.4. The Morgan fingerprint density at radius 1 is 1.09 bits per heavy atom. The zero-order valence-electron chi connectivity index (χ0n) is 21.4. The van der Waals surface area contributed by atoms with E-state index in [1.165, 1.54) is 43.2 Å². The zero-order valence-corrected chi connectivity index (χ0v) is 21.4. The Balaban J connectivity index is 1.15. The SMILES string of the molecule is CCCCC[C@H](O)CC[C@@H]1[C@H]2Cc3cccc(OCC(=O)OC4CC5CCC4C5)c3C[C@H]2C[C@H]1O. The number of aliphatic hydroxyl groups excluding tert-OH is 2. The van der Waals surface area contributed by atoms with Gasteiger partial charge in [0.1, 0.15) is 11.9 Å². The van der Waals surface area contributed by atoms with Crippen LogP contribution in [0.3, 0.4) is 0 Å². The molecule has 194 valence electrons. The molecule has 1 aromatic rings. The molecule has 3 fully saturated rings. The lowest BCUT2D eigenvalue weighted by atomic mass is 9.73. The van der Waals surface area contributed by atoms with Gasteiger partial charge in [0.2, 0.25) is 0 Å². The number of fused-ring (bicyclic) bond motifs is 4. The first kappa shape index (κ1) is 25.1. The Kier molecular flexibility index (Phi) is 8.03. The van der Waals surface area contributed by atoms with E-state index in [9.17, 15) is 15.0 Å². The van der Waals surface area contributed by atoms with Crippen molar-refractivity contribution in [3.63, 3.8) is 0 Å². The number of esters is 1. The largest absolute Gasteiger partial charge is 0.482 e. The number of carbonyl (C=O) groups excluding carboxylic acids is 1. The van der Waals surface area contributed by atoms with Gasteiger partial charge in [-0.25, -0.2) is 4.79 Å². The molecule has 0 heterocycles. The highest BCUT2D eigenvalue weighted by Crippen LogP contribution is 2.49. The molecule has 3 saturated carbocycles. The Labute approximate surface area is 210 Å². The molecule has 0 aliphatic heterocycles. The second-order valence-corrected chi connectivity index (χ2v) is 11.9. The Morgan fingerprint density at radius 3 is 2.74 bits per heavy atom. The Bertz CT molecular complexity index is 868. The summed E-state index contributed by atoms with van der Waals surface area (Å²) in [7, 11) is 0. The van der Waals surface area contributed by atoms with Gasteiger partial charge in [-0.15, -0.1) is 0 Å². The molecule has 0 spiro atoms. The van der Waals surface area contributed by atoms with E-state index in [1.807, 2.05) is 12.1 Å². The van der Waals surface area contributed by atoms with Crippen LogP contribution in [0.4, 0.5) is 0 Å². The van der Waals surface area contributed by atoms with Crippen molar-refractivity contribution in [1.82, 2.24) is 0 Å². The van der Waals surface area contributed by atoms with Crippen LogP contribution in [-0.4, -0.2) is 41.1 Å². The van der Waals surface area contributed by atoms with Gasteiger partial charge in [-0.05, 0) is 111 Å². The minimum atomic E-state index is -0.289. The second-order valence-electron chi connectivity index (χ2n) is 11.9. The van der Waals surface area contributed by atoms with Gasteiger partial charge in [0.25, 0.3) is 0 Å². The first-order chi connectivity index (χ1) is 17.0. The molecule has 8 atom stereocenters. The highest BCUT2D eigenvalue weighted by molar-refractivity contribution is 5.71. The smallest absolute Gasteiger partial charge is 0.344 e. The molecule has 2 bridgehead atoms. The summed E-state index contributed by atoms with van der Waals surface area (Å²) in [6.07, 6.45) is 12.9. The highest BCUT2D eigenvalue weighted by atomic mass is 16.6. The monoisotopic (exact) mass is 484 g/mol. The summed E-state index contributed by atoms with van der Waals surface area (Å²) in [6.45, 7) is 2.16. The number of benzene rings is 1. The van der Waals surface area contributed by atoms with Crippen molar-refractivity contribution in [3.05, 3.63) is 29.3 Å². The normalized spacial score (nSPS) is 33.9. The summed E-state index contributed by atoms with van der Waals surface area (Å²) >= 11 is 0. The third kappa shape index (κ3) is 5.72. The molecule has 0 aromatic heterocycles. The van der Waals surface area contributed by atoms with Crippen molar-refractivity contribution in [2.24, 2.45) is 29.6 Å². The summed E-state index contributed by atoms with van der Waals surface area (Å²) in [5.74, 6) is 3.02. The van der Waals surface area contributed by atoms with Crippen molar-refractivity contribution in [1.29, 1.82) is 0 Å². The molecular formula is C30H44O5. The van der Waals surface area contributed by atoms with Crippen LogP contribution in [0.15, 0.2) is 18.2 Å². The minimum absolute atomic E-state index is 0.0282. The quantitative estimate of drug-likeness (QED) is 0.332. The van der Waals surface area contributed by atoms with E-state index in [0.29, 0.717) is 17.8 Å². The van der Waals surface area contributed by atoms with E-state index in [2.05, 4.69) is 13.0 Å². The lowest BCUT2D eigenvalue weighted by Crippen LogP contribution is -2.29. The van der Waals surface area contributed by atoms with Crippen molar-refractivity contribution >= 4 is 5.97 Å². The summed E-state index contributed by atoms with van der Waals surface area (Å²) in [4.78, 5) is 12.5. The number of ether oxygens (including phenoxy) is 2. The van der Waals surface area contributed by atoms with Crippen molar-refractivity contribution in [2.75, 3.05) is 6.61 Å². The summed E-state index contributed by atoms with van der Waals surface area (Å²) in [5, 5.41) is 21.3. The molecule has 4 aliphatic rings. The van der Waals surface area contributed by atoms with E-state index in [0.717, 1.165) is 63.0 Å². The van der Waals surface area contributed by atoms with Crippen LogP contribution >= 0.6 is 0 Å². The molecule has 5 nitrogen and oxygen atoms in total. The standard InChI is InChI=1S/C30H44O5/c1-2-3-4-7-23(31)11-12-24-25-15-20-6-5-8-28(26(20)16-22(25)17-27(24)32)34-18-30(33)35-29-14-19-9-10-21(29)13-19/h5-6,8,19,21-25,27,29,31-32H,2-4,7,9-18H2,1H3/t19?,21?,22-,23-,24+,25-,27+,29?/m0/s1. The van der Waals surface area contributed by atoms with Crippen molar-refractivity contribution in [3.8, 4) is 5.75 Å². The van der Waals surface area contributed by atoms with E-state index in [-0.39, 0.29) is 36.8 Å². The van der Waals surface area contributed by atoms with Gasteiger partial charge in [-0.3, -0.25) is 0 Å². The van der Waals surface area contributed by atoms with Gasteiger partial charge in [0, 0.05) is 0 Å². The average molecular weight is 485 g/mol. The number of aliphatic hydroxyl groups is 2. The number of rotatable bonds is 11. The maximum Gasteiger partial charge on any atom is 0.344 e. The first-order valence-electron chi connectivity index (χ1n) is 14.3. The Hall–Kier alpha value is -1.59. The van der Waals surface area contributed by atoms with E-state index >= 15 is 0 Å². The molecular weight excluding hydrogens is 440 g/mol. The van der Waals surface area contributed by atoms with Crippen LogP contribution in [-0.2, 0) is 22.4 Å². The van der Waals surface area contributed by atoms with E-state index < -0.39 is 0 Å². The van der Waals surface area contributed by atoms with Crippen LogP contribution in [0.5, 0.6) is 5.75 Å². The lowest BCUT2D eigenvalue weighted by Gasteiger charge is -2.32. The van der Waals surface area contributed by atoms with Gasteiger partial charge in [0.05, 0.1) is 12.2 Å². The third-order valence-electron chi connectivity index (χ3n) is 9.62. The predicted octanol–water partition coefficient (Wildman–Crippen LogP) is 5.23. The summed E-state index contributed by atoms with van der Waals surface area (Å²) < 4.78 is 11.8.